The molecule has 1 N–H and O–H groups in total. The van der Waals surface area contributed by atoms with Crippen LogP contribution >= 0.6 is 31.9 Å². The molecule has 1 aromatic rings. The Morgan fingerprint density at radius 2 is 1.90 bits per heavy atom. The third-order valence-electron chi connectivity index (χ3n) is 3.96. The van der Waals surface area contributed by atoms with Crippen molar-refractivity contribution >= 4 is 31.9 Å². The van der Waals surface area contributed by atoms with E-state index < -0.39 is 0 Å². The average Bonchev–Trinajstić information content (AvgIpc) is 2.57. The van der Waals surface area contributed by atoms with E-state index in [-0.39, 0.29) is 5.75 Å². The topological polar surface area (TPSA) is 26.7 Å². The van der Waals surface area contributed by atoms with Gasteiger partial charge in [-0.3, -0.25) is 4.90 Å². The van der Waals surface area contributed by atoms with Gasteiger partial charge in [-0.2, -0.15) is 0 Å². The molecule has 0 spiro atoms. The Morgan fingerprint density at radius 3 is 2.50 bits per heavy atom. The minimum atomic E-state index is 0.274. The fourth-order valence-corrected chi connectivity index (χ4v) is 4.11. The highest BCUT2D eigenvalue weighted by Crippen LogP contribution is 2.34. The molecule has 2 rings (SSSR count). The van der Waals surface area contributed by atoms with Gasteiger partial charge in [-0.1, -0.05) is 6.92 Å². The lowest BCUT2D eigenvalue weighted by Gasteiger charge is -2.30. The second-order valence-electron chi connectivity index (χ2n) is 5.56. The SMILES string of the molecule is CCC1CN(C)CCCN1Cc1cc(Br)c(O)c(Br)c1. The summed E-state index contributed by atoms with van der Waals surface area (Å²) >= 11 is 6.82. The Bertz CT molecular complexity index is 444. The van der Waals surface area contributed by atoms with E-state index in [1.807, 2.05) is 12.1 Å². The van der Waals surface area contributed by atoms with Crippen LogP contribution in [0.15, 0.2) is 21.1 Å². The maximum atomic E-state index is 9.80. The molecule has 1 unspecified atom stereocenters. The zero-order valence-corrected chi connectivity index (χ0v) is 15.2. The molecule has 0 amide bonds. The average molecular weight is 406 g/mol. The van der Waals surface area contributed by atoms with E-state index in [1.54, 1.807) is 0 Å². The lowest BCUT2D eigenvalue weighted by Crippen LogP contribution is -2.39. The summed E-state index contributed by atoms with van der Waals surface area (Å²) in [5, 5.41) is 9.80. The van der Waals surface area contributed by atoms with Crippen molar-refractivity contribution in [2.75, 3.05) is 26.7 Å². The van der Waals surface area contributed by atoms with Gasteiger partial charge in [-0.15, -0.1) is 0 Å². The predicted octanol–water partition coefficient (Wildman–Crippen LogP) is 3.83. The number of halogens is 2. The van der Waals surface area contributed by atoms with Gasteiger partial charge in [-0.05, 0) is 76.0 Å². The van der Waals surface area contributed by atoms with Gasteiger partial charge in [0.15, 0.2) is 0 Å². The van der Waals surface area contributed by atoms with Gasteiger partial charge >= 0.3 is 0 Å². The number of phenolic OH excluding ortho intramolecular Hbond substituents is 1. The molecule has 0 saturated carbocycles. The second-order valence-corrected chi connectivity index (χ2v) is 7.27. The lowest BCUT2D eigenvalue weighted by molar-refractivity contribution is 0.176. The van der Waals surface area contributed by atoms with Crippen LogP contribution in [0.3, 0.4) is 0 Å². The van der Waals surface area contributed by atoms with Crippen LogP contribution < -0.4 is 0 Å². The van der Waals surface area contributed by atoms with Crippen molar-refractivity contribution in [2.45, 2.75) is 32.4 Å². The normalized spacial score (nSPS) is 21.9. The Morgan fingerprint density at radius 1 is 1.25 bits per heavy atom. The van der Waals surface area contributed by atoms with Crippen LogP contribution in [0.2, 0.25) is 0 Å². The molecule has 1 heterocycles. The first kappa shape index (κ1) is 16.3. The lowest BCUT2D eigenvalue weighted by atomic mass is 10.1. The molecule has 0 aliphatic carbocycles. The fraction of sp³-hybridized carbons (Fsp3) is 0.600. The number of aromatic hydroxyl groups is 1. The number of rotatable bonds is 3. The van der Waals surface area contributed by atoms with Crippen LogP contribution in [0.1, 0.15) is 25.3 Å². The van der Waals surface area contributed by atoms with E-state index in [2.05, 4.69) is 55.6 Å². The molecule has 5 heteroatoms. The summed E-state index contributed by atoms with van der Waals surface area (Å²) in [7, 11) is 2.21. The summed E-state index contributed by atoms with van der Waals surface area (Å²) in [5.74, 6) is 0.274. The highest BCUT2D eigenvalue weighted by atomic mass is 79.9. The maximum Gasteiger partial charge on any atom is 0.143 e. The van der Waals surface area contributed by atoms with Crippen LogP contribution in [0.5, 0.6) is 5.75 Å². The van der Waals surface area contributed by atoms with Crippen molar-refractivity contribution in [3.05, 3.63) is 26.6 Å². The van der Waals surface area contributed by atoms with Crippen LogP contribution in [0.25, 0.3) is 0 Å². The third kappa shape index (κ3) is 3.97. The van der Waals surface area contributed by atoms with Gasteiger partial charge in [0, 0.05) is 25.7 Å². The quantitative estimate of drug-likeness (QED) is 0.827. The smallest absolute Gasteiger partial charge is 0.143 e. The molecule has 0 bridgehead atoms. The van der Waals surface area contributed by atoms with E-state index in [0.717, 1.165) is 28.6 Å². The Hall–Kier alpha value is -0.100. The zero-order valence-electron chi connectivity index (χ0n) is 12.1. The Balaban J connectivity index is 2.14. The molecule has 1 aliphatic heterocycles. The van der Waals surface area contributed by atoms with Crippen LogP contribution in [-0.2, 0) is 6.54 Å². The monoisotopic (exact) mass is 404 g/mol. The number of benzene rings is 1. The van der Waals surface area contributed by atoms with Crippen molar-refractivity contribution in [2.24, 2.45) is 0 Å². The van der Waals surface area contributed by atoms with Gasteiger partial charge in [0.1, 0.15) is 5.75 Å². The molecular formula is C15H22Br2N2O. The molecule has 1 saturated heterocycles. The van der Waals surface area contributed by atoms with Crippen molar-refractivity contribution in [1.82, 2.24) is 9.80 Å². The standard InChI is InChI=1S/C15H22Br2N2O/c1-3-12-10-18(2)5-4-6-19(12)9-11-7-13(16)15(20)14(17)8-11/h7-8,12,20H,3-6,9-10H2,1-2H3. The van der Waals surface area contributed by atoms with E-state index in [9.17, 15) is 5.11 Å². The Labute approximate surface area is 138 Å². The molecule has 3 nitrogen and oxygen atoms in total. The molecule has 1 atom stereocenters. The molecule has 112 valence electrons. The summed E-state index contributed by atoms with van der Waals surface area (Å²) in [4.78, 5) is 4.99. The highest BCUT2D eigenvalue weighted by Gasteiger charge is 2.22. The predicted molar refractivity (Wildman–Crippen MR) is 90.1 cm³/mol. The van der Waals surface area contributed by atoms with E-state index in [1.165, 1.54) is 24.9 Å². The molecular weight excluding hydrogens is 384 g/mol. The zero-order chi connectivity index (χ0) is 14.7. The summed E-state index contributed by atoms with van der Waals surface area (Å²) in [6.07, 6.45) is 2.39. The van der Waals surface area contributed by atoms with Gasteiger partial charge in [0.05, 0.1) is 8.95 Å². The van der Waals surface area contributed by atoms with Crippen LogP contribution in [0.4, 0.5) is 0 Å². The Kier molecular flexibility index (Phi) is 5.90. The molecule has 0 aromatic heterocycles. The van der Waals surface area contributed by atoms with Crippen molar-refractivity contribution in [1.29, 1.82) is 0 Å². The summed E-state index contributed by atoms with van der Waals surface area (Å²) in [6.45, 7) is 6.65. The molecule has 1 aliphatic rings. The fourth-order valence-electron chi connectivity index (χ4n) is 2.83. The molecule has 1 fully saturated rings. The number of likely N-dealkylation sites (N-methyl/N-ethyl adjacent to an activating group) is 1. The molecule has 0 radical (unpaired) electrons. The summed E-state index contributed by atoms with van der Waals surface area (Å²) in [5.41, 5.74) is 1.23. The largest absolute Gasteiger partial charge is 0.506 e. The van der Waals surface area contributed by atoms with E-state index in [0.29, 0.717) is 6.04 Å². The van der Waals surface area contributed by atoms with Crippen LogP contribution in [-0.4, -0.2) is 47.6 Å². The highest BCUT2D eigenvalue weighted by molar-refractivity contribution is 9.11. The first-order valence-corrected chi connectivity index (χ1v) is 8.69. The van der Waals surface area contributed by atoms with E-state index in [4.69, 9.17) is 0 Å². The van der Waals surface area contributed by atoms with Gasteiger partial charge < -0.3 is 10.0 Å². The van der Waals surface area contributed by atoms with Gasteiger partial charge in [-0.25, -0.2) is 0 Å². The number of nitrogens with zero attached hydrogens (tertiary/aromatic N) is 2. The van der Waals surface area contributed by atoms with Gasteiger partial charge in [0.25, 0.3) is 0 Å². The van der Waals surface area contributed by atoms with E-state index >= 15 is 0 Å². The number of hydrogen-bond donors (Lipinski definition) is 1. The first-order valence-electron chi connectivity index (χ1n) is 7.10. The van der Waals surface area contributed by atoms with Crippen molar-refractivity contribution < 1.29 is 5.11 Å². The maximum absolute atomic E-state index is 9.80. The van der Waals surface area contributed by atoms with Crippen molar-refractivity contribution in [3.63, 3.8) is 0 Å². The third-order valence-corrected chi connectivity index (χ3v) is 5.17. The number of phenols is 1. The summed E-state index contributed by atoms with van der Waals surface area (Å²) < 4.78 is 1.50. The van der Waals surface area contributed by atoms with Crippen molar-refractivity contribution in [3.8, 4) is 5.75 Å². The van der Waals surface area contributed by atoms with Gasteiger partial charge in [0.2, 0.25) is 0 Å². The summed E-state index contributed by atoms with van der Waals surface area (Å²) in [6, 6.07) is 4.64. The minimum absolute atomic E-state index is 0.274. The molecule has 1 aromatic carbocycles. The van der Waals surface area contributed by atoms with Crippen LogP contribution in [0, 0.1) is 0 Å². The number of hydrogen-bond acceptors (Lipinski definition) is 3. The molecule has 20 heavy (non-hydrogen) atoms. The first-order chi connectivity index (χ1) is 9.51. The minimum Gasteiger partial charge on any atom is -0.506 e. The second kappa shape index (κ2) is 7.25.